The molecule has 3 nitrogen and oxygen atoms in total. The molecule has 1 aromatic heterocycles. The fourth-order valence-corrected chi connectivity index (χ4v) is 1.94. The van der Waals surface area contributed by atoms with Crippen LogP contribution in [0.4, 0.5) is 5.69 Å². The lowest BCUT2D eigenvalue weighted by molar-refractivity contribution is 0.475. The van der Waals surface area contributed by atoms with E-state index >= 15 is 0 Å². The minimum Gasteiger partial charge on any atom is -0.508 e. The summed E-state index contributed by atoms with van der Waals surface area (Å²) >= 11 is 0. The number of furan rings is 1. The van der Waals surface area contributed by atoms with Crippen LogP contribution in [-0.4, -0.2) is 5.11 Å². The fourth-order valence-electron chi connectivity index (χ4n) is 1.94. The predicted molar refractivity (Wildman–Crippen MR) is 75.7 cm³/mol. The molecule has 0 unspecified atom stereocenters. The third-order valence-electron chi connectivity index (χ3n) is 3.00. The number of nitrogens with two attached hydrogens (primary N) is 1. The molecule has 0 saturated carbocycles. The Balaban J connectivity index is 1.95. The summed E-state index contributed by atoms with van der Waals surface area (Å²) in [7, 11) is 0. The van der Waals surface area contributed by atoms with Gasteiger partial charge in [-0.25, -0.2) is 0 Å². The van der Waals surface area contributed by atoms with E-state index in [4.69, 9.17) is 10.2 Å². The van der Waals surface area contributed by atoms with Gasteiger partial charge in [-0.3, -0.25) is 0 Å². The quantitative estimate of drug-likeness (QED) is 0.679. The highest BCUT2D eigenvalue weighted by Gasteiger charge is 2.06. The van der Waals surface area contributed by atoms with Crippen LogP contribution in [0.25, 0.3) is 22.5 Å². The lowest BCUT2D eigenvalue weighted by atomic mass is 10.1. The zero-order chi connectivity index (χ0) is 13.2. The molecule has 0 radical (unpaired) electrons. The molecule has 0 bridgehead atoms. The molecule has 19 heavy (non-hydrogen) atoms. The first kappa shape index (κ1) is 11.4. The number of phenols is 1. The lowest BCUT2D eigenvalue weighted by Gasteiger charge is -1.97. The van der Waals surface area contributed by atoms with Crippen molar-refractivity contribution in [3.8, 4) is 28.2 Å². The molecule has 3 heteroatoms. The van der Waals surface area contributed by atoms with Crippen LogP contribution >= 0.6 is 0 Å². The molecular formula is C16H13NO2. The first-order valence-electron chi connectivity index (χ1n) is 5.96. The zero-order valence-corrected chi connectivity index (χ0v) is 10.2. The molecule has 0 aliphatic heterocycles. The number of anilines is 1. The standard InChI is InChI=1S/C16H13NO2/c17-14-5-1-12(2-6-14)16-9-13(10-19-16)11-3-7-15(18)8-4-11/h1-10,18H,17H2. The van der Waals surface area contributed by atoms with Gasteiger partial charge in [0.15, 0.2) is 0 Å². The zero-order valence-electron chi connectivity index (χ0n) is 10.2. The van der Waals surface area contributed by atoms with E-state index in [-0.39, 0.29) is 5.75 Å². The first-order valence-corrected chi connectivity index (χ1v) is 5.96. The molecule has 0 atom stereocenters. The molecule has 0 saturated heterocycles. The van der Waals surface area contributed by atoms with Crippen molar-refractivity contribution in [2.75, 3.05) is 5.73 Å². The number of aromatic hydroxyl groups is 1. The van der Waals surface area contributed by atoms with Gasteiger partial charge in [-0.1, -0.05) is 12.1 Å². The van der Waals surface area contributed by atoms with Gasteiger partial charge in [0.05, 0.1) is 6.26 Å². The molecular weight excluding hydrogens is 238 g/mol. The van der Waals surface area contributed by atoms with Gasteiger partial charge in [0.2, 0.25) is 0 Å². The first-order chi connectivity index (χ1) is 9.22. The summed E-state index contributed by atoms with van der Waals surface area (Å²) in [5, 5.41) is 9.28. The second kappa shape index (κ2) is 4.53. The van der Waals surface area contributed by atoms with Crippen molar-refractivity contribution < 1.29 is 9.52 Å². The van der Waals surface area contributed by atoms with Crippen molar-refractivity contribution in [2.45, 2.75) is 0 Å². The number of benzene rings is 2. The summed E-state index contributed by atoms with van der Waals surface area (Å²) in [4.78, 5) is 0. The molecule has 0 aliphatic carbocycles. The third-order valence-corrected chi connectivity index (χ3v) is 3.00. The van der Waals surface area contributed by atoms with Crippen molar-refractivity contribution in [3.63, 3.8) is 0 Å². The van der Waals surface area contributed by atoms with Crippen LogP contribution in [0.15, 0.2) is 65.3 Å². The van der Waals surface area contributed by atoms with E-state index in [1.54, 1.807) is 18.4 Å². The number of phenolic OH excluding ortho intramolecular Hbond substituents is 1. The van der Waals surface area contributed by atoms with E-state index in [2.05, 4.69) is 0 Å². The molecule has 0 fully saturated rings. The summed E-state index contributed by atoms with van der Waals surface area (Å²) in [5.74, 6) is 1.05. The molecule has 3 rings (SSSR count). The SMILES string of the molecule is Nc1ccc(-c2cc(-c3ccc(O)cc3)co2)cc1. The minimum atomic E-state index is 0.256. The van der Waals surface area contributed by atoms with Crippen LogP contribution in [-0.2, 0) is 0 Å². The maximum Gasteiger partial charge on any atom is 0.134 e. The third kappa shape index (κ3) is 2.31. The van der Waals surface area contributed by atoms with Gasteiger partial charge in [0.1, 0.15) is 11.5 Å². The van der Waals surface area contributed by atoms with Crippen molar-refractivity contribution >= 4 is 5.69 Å². The molecule has 0 amide bonds. The van der Waals surface area contributed by atoms with Crippen molar-refractivity contribution in [2.24, 2.45) is 0 Å². The predicted octanol–water partition coefficient (Wildman–Crippen LogP) is 3.90. The van der Waals surface area contributed by atoms with E-state index in [1.165, 1.54) is 0 Å². The van der Waals surface area contributed by atoms with Crippen LogP contribution in [0.2, 0.25) is 0 Å². The van der Waals surface area contributed by atoms with E-state index in [0.717, 1.165) is 28.1 Å². The highest BCUT2D eigenvalue weighted by atomic mass is 16.3. The largest absolute Gasteiger partial charge is 0.508 e. The Morgan fingerprint density at radius 2 is 1.42 bits per heavy atom. The Labute approximate surface area is 110 Å². The molecule has 94 valence electrons. The van der Waals surface area contributed by atoms with Gasteiger partial charge in [-0.05, 0) is 48.0 Å². The monoisotopic (exact) mass is 251 g/mol. The van der Waals surface area contributed by atoms with Gasteiger partial charge in [-0.15, -0.1) is 0 Å². The molecule has 3 N–H and O–H groups in total. The minimum absolute atomic E-state index is 0.256. The van der Waals surface area contributed by atoms with Gasteiger partial charge < -0.3 is 15.3 Å². The van der Waals surface area contributed by atoms with Crippen LogP contribution < -0.4 is 5.73 Å². The lowest BCUT2D eigenvalue weighted by Crippen LogP contribution is -1.82. The molecule has 2 aromatic carbocycles. The molecule has 0 spiro atoms. The van der Waals surface area contributed by atoms with Crippen LogP contribution in [0.3, 0.4) is 0 Å². The van der Waals surface area contributed by atoms with Crippen LogP contribution in [0, 0.1) is 0 Å². The summed E-state index contributed by atoms with van der Waals surface area (Å²) < 4.78 is 5.57. The number of hydrogen-bond donors (Lipinski definition) is 2. The Bertz CT molecular complexity index is 622. The van der Waals surface area contributed by atoms with Gasteiger partial charge in [0.25, 0.3) is 0 Å². The Hall–Kier alpha value is -2.68. The number of hydrogen-bond acceptors (Lipinski definition) is 3. The van der Waals surface area contributed by atoms with Crippen molar-refractivity contribution in [3.05, 3.63) is 60.9 Å². The topological polar surface area (TPSA) is 59.4 Å². The van der Waals surface area contributed by atoms with E-state index in [0.29, 0.717) is 0 Å². The van der Waals surface area contributed by atoms with Gasteiger partial charge >= 0.3 is 0 Å². The molecule has 1 heterocycles. The smallest absolute Gasteiger partial charge is 0.134 e. The summed E-state index contributed by atoms with van der Waals surface area (Å²) in [6.07, 6.45) is 1.71. The normalized spacial score (nSPS) is 10.5. The summed E-state index contributed by atoms with van der Waals surface area (Å²) in [6.45, 7) is 0. The molecule has 0 aliphatic rings. The Kier molecular flexibility index (Phi) is 2.72. The molecule has 3 aromatic rings. The van der Waals surface area contributed by atoms with Gasteiger partial charge in [-0.2, -0.15) is 0 Å². The van der Waals surface area contributed by atoms with Crippen LogP contribution in [0.1, 0.15) is 0 Å². The maximum absolute atomic E-state index is 9.28. The summed E-state index contributed by atoms with van der Waals surface area (Å²) in [5.41, 5.74) is 9.36. The highest BCUT2D eigenvalue weighted by Crippen LogP contribution is 2.29. The second-order valence-electron chi connectivity index (χ2n) is 4.37. The van der Waals surface area contributed by atoms with Crippen LogP contribution in [0.5, 0.6) is 5.75 Å². The highest BCUT2D eigenvalue weighted by molar-refractivity contribution is 5.70. The summed E-state index contributed by atoms with van der Waals surface area (Å²) in [6, 6.07) is 16.5. The number of nitrogen functional groups attached to an aromatic ring is 1. The van der Waals surface area contributed by atoms with E-state index < -0.39 is 0 Å². The average Bonchev–Trinajstić information content (AvgIpc) is 2.90. The van der Waals surface area contributed by atoms with Crippen molar-refractivity contribution in [1.29, 1.82) is 0 Å². The number of rotatable bonds is 2. The maximum atomic E-state index is 9.28. The van der Waals surface area contributed by atoms with Gasteiger partial charge in [0, 0.05) is 16.8 Å². The Morgan fingerprint density at radius 1 is 0.789 bits per heavy atom. The van der Waals surface area contributed by atoms with Crippen molar-refractivity contribution in [1.82, 2.24) is 0 Å². The fraction of sp³-hybridized carbons (Fsp3) is 0. The van der Waals surface area contributed by atoms with E-state index in [9.17, 15) is 5.11 Å². The van der Waals surface area contributed by atoms with E-state index in [1.807, 2.05) is 42.5 Å². The Morgan fingerprint density at radius 3 is 2.11 bits per heavy atom. The second-order valence-corrected chi connectivity index (χ2v) is 4.37. The average molecular weight is 251 g/mol.